The van der Waals surface area contributed by atoms with Gasteiger partial charge in [-0.3, -0.25) is 4.79 Å². The van der Waals surface area contributed by atoms with Gasteiger partial charge in [0.05, 0.1) is 0 Å². The summed E-state index contributed by atoms with van der Waals surface area (Å²) in [5, 5.41) is 3.30. The largest absolute Gasteiger partial charge is 0.316 e. The van der Waals surface area contributed by atoms with Crippen molar-refractivity contribution in [2.45, 2.75) is 33.1 Å². The molecular formula is C15H21NO. The van der Waals surface area contributed by atoms with Crippen LogP contribution >= 0.6 is 0 Å². The topological polar surface area (TPSA) is 29.1 Å². The molecular weight excluding hydrogens is 210 g/mol. The minimum atomic E-state index is 0.226. The molecule has 0 spiro atoms. The molecule has 0 aliphatic carbocycles. The predicted octanol–water partition coefficient (Wildman–Crippen LogP) is 2.41. The maximum absolute atomic E-state index is 12.2. The highest BCUT2D eigenvalue weighted by Crippen LogP contribution is 2.16. The van der Waals surface area contributed by atoms with Crippen molar-refractivity contribution in [3.8, 4) is 0 Å². The summed E-state index contributed by atoms with van der Waals surface area (Å²) >= 11 is 0. The van der Waals surface area contributed by atoms with Gasteiger partial charge in [0.1, 0.15) is 5.78 Å². The minimum absolute atomic E-state index is 0.226. The van der Waals surface area contributed by atoms with Gasteiger partial charge in [0.2, 0.25) is 0 Å². The summed E-state index contributed by atoms with van der Waals surface area (Å²) < 4.78 is 0. The molecule has 1 fully saturated rings. The maximum Gasteiger partial charge on any atom is 0.141 e. The second-order valence-electron chi connectivity index (χ2n) is 5.18. The van der Waals surface area contributed by atoms with Gasteiger partial charge in [0, 0.05) is 18.9 Å². The van der Waals surface area contributed by atoms with E-state index in [1.54, 1.807) is 0 Å². The summed E-state index contributed by atoms with van der Waals surface area (Å²) in [4.78, 5) is 12.2. The Balaban J connectivity index is 2.01. The van der Waals surface area contributed by atoms with Crippen LogP contribution in [0.1, 0.15) is 29.5 Å². The van der Waals surface area contributed by atoms with E-state index in [2.05, 4.69) is 37.4 Å². The lowest BCUT2D eigenvalue weighted by atomic mass is 9.91. The molecule has 1 saturated heterocycles. The van der Waals surface area contributed by atoms with E-state index in [9.17, 15) is 4.79 Å². The average molecular weight is 231 g/mol. The molecule has 1 heterocycles. The van der Waals surface area contributed by atoms with Crippen molar-refractivity contribution >= 4 is 5.78 Å². The van der Waals surface area contributed by atoms with Gasteiger partial charge >= 0.3 is 0 Å². The van der Waals surface area contributed by atoms with Crippen LogP contribution in [0, 0.1) is 19.8 Å². The monoisotopic (exact) mass is 231 g/mol. The van der Waals surface area contributed by atoms with Crippen LogP contribution in [0.3, 0.4) is 0 Å². The second kappa shape index (κ2) is 5.46. The lowest BCUT2D eigenvalue weighted by Gasteiger charge is -2.21. The van der Waals surface area contributed by atoms with Crippen molar-refractivity contribution in [2.24, 2.45) is 5.92 Å². The van der Waals surface area contributed by atoms with Crippen LogP contribution in [0.4, 0.5) is 0 Å². The summed E-state index contributed by atoms with van der Waals surface area (Å²) in [6.07, 6.45) is 2.77. The minimum Gasteiger partial charge on any atom is -0.316 e. The Hall–Kier alpha value is -1.15. The van der Waals surface area contributed by atoms with Crippen molar-refractivity contribution in [3.63, 3.8) is 0 Å². The Morgan fingerprint density at radius 2 is 2.00 bits per heavy atom. The van der Waals surface area contributed by atoms with Gasteiger partial charge in [-0.2, -0.15) is 0 Å². The highest BCUT2D eigenvalue weighted by atomic mass is 16.1. The van der Waals surface area contributed by atoms with Gasteiger partial charge in [-0.15, -0.1) is 0 Å². The van der Waals surface area contributed by atoms with Crippen LogP contribution in [-0.2, 0) is 11.2 Å². The van der Waals surface area contributed by atoms with Gasteiger partial charge in [-0.05, 0) is 38.8 Å². The summed E-state index contributed by atoms with van der Waals surface area (Å²) in [6, 6.07) is 6.40. The number of hydrogen-bond donors (Lipinski definition) is 1. The molecule has 2 heteroatoms. The fraction of sp³-hybridized carbons (Fsp3) is 0.533. The number of Topliss-reactive ketones (excluding diaryl/α,β-unsaturated/α-hetero) is 1. The summed E-state index contributed by atoms with van der Waals surface area (Å²) in [5.74, 6) is 0.617. The number of piperidine rings is 1. The zero-order chi connectivity index (χ0) is 12.3. The van der Waals surface area contributed by atoms with E-state index in [0.717, 1.165) is 31.5 Å². The molecule has 1 aliphatic rings. The molecule has 17 heavy (non-hydrogen) atoms. The zero-order valence-corrected chi connectivity index (χ0v) is 10.8. The zero-order valence-electron chi connectivity index (χ0n) is 10.8. The summed E-state index contributed by atoms with van der Waals surface area (Å²) in [7, 11) is 0. The lowest BCUT2D eigenvalue weighted by molar-refractivity contribution is -0.122. The normalized spacial score (nSPS) is 20.2. The summed E-state index contributed by atoms with van der Waals surface area (Å²) in [5.41, 5.74) is 3.65. The van der Waals surface area contributed by atoms with Crippen molar-refractivity contribution in [1.29, 1.82) is 0 Å². The molecule has 1 aromatic carbocycles. The van der Waals surface area contributed by atoms with Gasteiger partial charge in [0.25, 0.3) is 0 Å². The molecule has 1 aromatic rings. The van der Waals surface area contributed by atoms with Crippen LogP contribution in [0.25, 0.3) is 0 Å². The first-order valence-corrected chi connectivity index (χ1v) is 6.46. The quantitative estimate of drug-likeness (QED) is 0.865. The Morgan fingerprint density at radius 1 is 1.29 bits per heavy atom. The number of carbonyl (C=O) groups is 1. The van der Waals surface area contributed by atoms with E-state index in [4.69, 9.17) is 0 Å². The number of rotatable bonds is 3. The van der Waals surface area contributed by atoms with Gasteiger partial charge in [0.15, 0.2) is 0 Å². The number of nitrogens with one attached hydrogen (secondary N) is 1. The molecule has 2 nitrogen and oxygen atoms in total. The average Bonchev–Trinajstić information content (AvgIpc) is 2.28. The third-order valence-corrected chi connectivity index (χ3v) is 3.41. The maximum atomic E-state index is 12.2. The van der Waals surface area contributed by atoms with Gasteiger partial charge < -0.3 is 5.32 Å². The predicted molar refractivity (Wildman–Crippen MR) is 70.2 cm³/mol. The first-order valence-electron chi connectivity index (χ1n) is 6.46. The number of hydrogen-bond acceptors (Lipinski definition) is 2. The third-order valence-electron chi connectivity index (χ3n) is 3.41. The fourth-order valence-electron chi connectivity index (χ4n) is 2.64. The Morgan fingerprint density at radius 3 is 2.59 bits per heavy atom. The molecule has 0 radical (unpaired) electrons. The molecule has 1 unspecified atom stereocenters. The summed E-state index contributed by atoms with van der Waals surface area (Å²) in [6.45, 7) is 6.10. The van der Waals surface area contributed by atoms with Crippen molar-refractivity contribution in [2.75, 3.05) is 13.1 Å². The molecule has 2 rings (SSSR count). The van der Waals surface area contributed by atoms with Crippen LogP contribution in [0.5, 0.6) is 0 Å². The highest BCUT2D eigenvalue weighted by Gasteiger charge is 2.20. The van der Waals surface area contributed by atoms with Crippen molar-refractivity contribution in [3.05, 3.63) is 34.9 Å². The molecule has 0 saturated carbocycles. The van der Waals surface area contributed by atoms with Crippen LogP contribution < -0.4 is 5.32 Å². The van der Waals surface area contributed by atoms with E-state index in [1.807, 2.05) is 0 Å². The first kappa shape index (κ1) is 12.3. The van der Waals surface area contributed by atoms with Gasteiger partial charge in [-0.25, -0.2) is 0 Å². The standard InChI is InChI=1S/C15H21NO/c1-11-6-12(2)8-13(7-11)9-15(17)14-4-3-5-16-10-14/h6-8,14,16H,3-5,9-10H2,1-2H3. The Labute approximate surface area is 103 Å². The van der Waals surface area contributed by atoms with Crippen LogP contribution in [0.15, 0.2) is 18.2 Å². The number of benzene rings is 1. The SMILES string of the molecule is Cc1cc(C)cc(CC(=O)C2CCCNC2)c1. The van der Waals surface area contributed by atoms with E-state index >= 15 is 0 Å². The number of carbonyl (C=O) groups excluding carboxylic acids is 1. The van der Waals surface area contributed by atoms with E-state index in [-0.39, 0.29) is 5.92 Å². The molecule has 1 N–H and O–H groups in total. The Kier molecular flexibility index (Phi) is 3.95. The van der Waals surface area contributed by atoms with Crippen LogP contribution in [-0.4, -0.2) is 18.9 Å². The third kappa shape index (κ3) is 3.40. The highest BCUT2D eigenvalue weighted by molar-refractivity contribution is 5.83. The Bertz CT molecular complexity index is 385. The molecule has 0 aromatic heterocycles. The molecule has 0 bridgehead atoms. The lowest BCUT2D eigenvalue weighted by Crippen LogP contribution is -2.35. The van der Waals surface area contributed by atoms with Crippen molar-refractivity contribution in [1.82, 2.24) is 5.32 Å². The molecule has 92 valence electrons. The van der Waals surface area contributed by atoms with E-state index in [1.165, 1.54) is 11.1 Å². The van der Waals surface area contributed by atoms with E-state index < -0.39 is 0 Å². The van der Waals surface area contributed by atoms with Crippen molar-refractivity contribution < 1.29 is 4.79 Å². The molecule has 1 aliphatic heterocycles. The molecule has 1 atom stereocenters. The van der Waals surface area contributed by atoms with Gasteiger partial charge in [-0.1, -0.05) is 29.3 Å². The first-order chi connectivity index (χ1) is 8.15. The smallest absolute Gasteiger partial charge is 0.141 e. The van der Waals surface area contributed by atoms with Crippen LogP contribution in [0.2, 0.25) is 0 Å². The second-order valence-corrected chi connectivity index (χ2v) is 5.18. The number of ketones is 1. The fourth-order valence-corrected chi connectivity index (χ4v) is 2.64. The number of aryl methyl sites for hydroxylation is 2. The van der Waals surface area contributed by atoms with E-state index in [0.29, 0.717) is 12.2 Å². The molecule has 0 amide bonds.